The van der Waals surface area contributed by atoms with E-state index in [9.17, 15) is 9.59 Å². The van der Waals surface area contributed by atoms with Crippen LogP contribution in [-0.4, -0.2) is 51.4 Å². The number of hydrogen-bond donors (Lipinski definition) is 0. The lowest BCUT2D eigenvalue weighted by Gasteiger charge is -2.24. The topological polar surface area (TPSA) is 74.3 Å². The number of unbranched alkanes of at least 4 members (excludes halogenated alkanes) is 1. The lowest BCUT2D eigenvalue weighted by molar-refractivity contribution is -0.129. The van der Waals surface area contributed by atoms with E-state index < -0.39 is 12.0 Å². The third-order valence-electron chi connectivity index (χ3n) is 4.27. The number of rotatable bonds is 8. The summed E-state index contributed by atoms with van der Waals surface area (Å²) in [6, 6.07) is 3.43. The van der Waals surface area contributed by atoms with Crippen LogP contribution >= 0.6 is 0 Å². The smallest absolute Gasteiger partial charge is 0.416 e. The van der Waals surface area contributed by atoms with Crippen LogP contribution in [0.4, 0.5) is 4.79 Å². The number of imide groups is 1. The molecule has 1 atom stereocenters. The molecule has 0 bridgehead atoms. The zero-order chi connectivity index (χ0) is 18.4. The van der Waals surface area contributed by atoms with Crippen LogP contribution in [0.5, 0.6) is 17.2 Å². The number of benzene rings is 1. The number of nitrogens with zero attached hydrogens (tertiary/aromatic N) is 1. The number of methoxy groups -OCH3 is 3. The number of cyclic esters (lactones) is 1. The van der Waals surface area contributed by atoms with Gasteiger partial charge in [0.15, 0.2) is 0 Å². The van der Waals surface area contributed by atoms with E-state index in [1.807, 2.05) is 6.92 Å². The Balaban J connectivity index is 2.49. The summed E-state index contributed by atoms with van der Waals surface area (Å²) in [6.07, 6.45) is 1.74. The molecule has 1 fully saturated rings. The zero-order valence-corrected chi connectivity index (χ0v) is 15.2. The van der Waals surface area contributed by atoms with Crippen LogP contribution in [0.2, 0.25) is 0 Å². The Morgan fingerprint density at radius 1 is 1.20 bits per heavy atom. The second kappa shape index (κ2) is 8.60. The Bertz CT molecular complexity index is 605. The quantitative estimate of drug-likeness (QED) is 0.717. The van der Waals surface area contributed by atoms with Gasteiger partial charge < -0.3 is 18.9 Å². The summed E-state index contributed by atoms with van der Waals surface area (Å²) in [4.78, 5) is 26.0. The molecule has 0 aromatic heterocycles. The van der Waals surface area contributed by atoms with Gasteiger partial charge in [-0.2, -0.15) is 0 Å². The predicted octanol–water partition coefficient (Wildman–Crippen LogP) is 2.97. The van der Waals surface area contributed by atoms with Gasteiger partial charge in [0.1, 0.15) is 23.9 Å². The minimum absolute atomic E-state index is 0.224. The minimum atomic E-state index is -0.599. The molecule has 1 heterocycles. The maximum Gasteiger partial charge on any atom is 0.416 e. The van der Waals surface area contributed by atoms with E-state index >= 15 is 0 Å². The first kappa shape index (κ1) is 18.9. The summed E-state index contributed by atoms with van der Waals surface area (Å²) in [6.45, 7) is 2.54. The molecule has 1 aromatic rings. The van der Waals surface area contributed by atoms with Crippen molar-refractivity contribution >= 4 is 12.0 Å². The molecule has 1 aliphatic heterocycles. The predicted molar refractivity (Wildman–Crippen MR) is 91.4 cm³/mol. The van der Waals surface area contributed by atoms with Crippen LogP contribution in [0.1, 0.15) is 37.7 Å². The van der Waals surface area contributed by atoms with Gasteiger partial charge in [0.25, 0.3) is 0 Å². The molecule has 0 N–H and O–H groups in total. The van der Waals surface area contributed by atoms with Gasteiger partial charge >= 0.3 is 6.09 Å². The van der Waals surface area contributed by atoms with Crippen LogP contribution in [0.25, 0.3) is 0 Å². The molecule has 0 spiro atoms. The second-order valence-electron chi connectivity index (χ2n) is 5.74. The fourth-order valence-electron chi connectivity index (χ4n) is 2.96. The van der Waals surface area contributed by atoms with E-state index in [0.29, 0.717) is 29.2 Å². The van der Waals surface area contributed by atoms with Gasteiger partial charge in [-0.3, -0.25) is 4.79 Å². The lowest BCUT2D eigenvalue weighted by atomic mass is 9.90. The highest BCUT2D eigenvalue weighted by molar-refractivity contribution is 5.97. The molecule has 1 aliphatic rings. The van der Waals surface area contributed by atoms with Gasteiger partial charge in [-0.1, -0.05) is 19.8 Å². The fraction of sp³-hybridized carbons (Fsp3) is 0.556. The number of carbonyl (C=O) groups excluding carboxylic acids is 2. The van der Waals surface area contributed by atoms with Gasteiger partial charge in [0.2, 0.25) is 5.91 Å². The van der Waals surface area contributed by atoms with E-state index in [-0.39, 0.29) is 19.1 Å². The van der Waals surface area contributed by atoms with Crippen LogP contribution in [0.3, 0.4) is 0 Å². The monoisotopic (exact) mass is 351 g/mol. The van der Waals surface area contributed by atoms with E-state index in [1.165, 1.54) is 14.2 Å². The SMILES string of the molecule is CCCCC(C(=O)N1CCOC1=O)c1c(OC)cc(OC)cc1OC. The highest BCUT2D eigenvalue weighted by Crippen LogP contribution is 2.42. The van der Waals surface area contributed by atoms with Crippen molar-refractivity contribution in [2.45, 2.75) is 32.1 Å². The number of amides is 2. The van der Waals surface area contributed by atoms with Gasteiger partial charge in [-0.15, -0.1) is 0 Å². The molecule has 2 amide bonds. The van der Waals surface area contributed by atoms with Crippen molar-refractivity contribution < 1.29 is 28.5 Å². The molecule has 0 aliphatic carbocycles. The molecule has 1 saturated heterocycles. The molecular weight excluding hydrogens is 326 g/mol. The summed E-state index contributed by atoms with van der Waals surface area (Å²) in [7, 11) is 4.61. The standard InChI is InChI=1S/C18H25NO6/c1-5-6-7-13(17(20)19-8-9-25-18(19)21)16-14(23-3)10-12(22-2)11-15(16)24-4/h10-11,13H,5-9H2,1-4H3. The van der Waals surface area contributed by atoms with Crippen molar-refractivity contribution in [2.75, 3.05) is 34.5 Å². The van der Waals surface area contributed by atoms with Gasteiger partial charge in [-0.25, -0.2) is 9.69 Å². The van der Waals surface area contributed by atoms with Crippen LogP contribution in [-0.2, 0) is 9.53 Å². The van der Waals surface area contributed by atoms with E-state index in [1.54, 1.807) is 19.2 Å². The molecule has 0 saturated carbocycles. The molecule has 25 heavy (non-hydrogen) atoms. The maximum atomic E-state index is 13.0. The first-order chi connectivity index (χ1) is 12.1. The van der Waals surface area contributed by atoms with Crippen molar-refractivity contribution in [3.05, 3.63) is 17.7 Å². The number of carbonyl (C=O) groups is 2. The number of hydrogen-bond acceptors (Lipinski definition) is 6. The Hall–Kier alpha value is -2.44. The van der Waals surface area contributed by atoms with Crippen LogP contribution in [0, 0.1) is 0 Å². The third kappa shape index (κ3) is 3.97. The molecular formula is C18H25NO6. The van der Waals surface area contributed by atoms with Gasteiger partial charge in [-0.05, 0) is 6.42 Å². The maximum absolute atomic E-state index is 13.0. The molecule has 7 heteroatoms. The summed E-state index contributed by atoms with van der Waals surface area (Å²) in [5, 5.41) is 0. The minimum Gasteiger partial charge on any atom is -0.496 e. The Kier molecular flexibility index (Phi) is 6.50. The van der Waals surface area contributed by atoms with Crippen molar-refractivity contribution in [3.8, 4) is 17.2 Å². The van der Waals surface area contributed by atoms with Crippen molar-refractivity contribution in [3.63, 3.8) is 0 Å². The molecule has 2 rings (SSSR count). The zero-order valence-electron chi connectivity index (χ0n) is 15.2. The largest absolute Gasteiger partial charge is 0.496 e. The second-order valence-corrected chi connectivity index (χ2v) is 5.74. The Labute approximate surface area is 147 Å². The van der Waals surface area contributed by atoms with Crippen molar-refractivity contribution in [1.82, 2.24) is 4.90 Å². The molecule has 7 nitrogen and oxygen atoms in total. The normalized spacial score (nSPS) is 14.9. The van der Waals surface area contributed by atoms with Crippen LogP contribution in [0.15, 0.2) is 12.1 Å². The summed E-state index contributed by atoms with van der Waals surface area (Å²) in [5.74, 6) is 0.718. The molecule has 138 valence electrons. The highest BCUT2D eigenvalue weighted by atomic mass is 16.6. The average Bonchev–Trinajstić information content (AvgIpc) is 3.07. The summed E-state index contributed by atoms with van der Waals surface area (Å²) >= 11 is 0. The van der Waals surface area contributed by atoms with Crippen molar-refractivity contribution in [1.29, 1.82) is 0 Å². The molecule has 0 radical (unpaired) electrons. The first-order valence-corrected chi connectivity index (χ1v) is 8.35. The van der Waals surface area contributed by atoms with Gasteiger partial charge in [0.05, 0.1) is 33.8 Å². The van der Waals surface area contributed by atoms with Crippen LogP contribution < -0.4 is 14.2 Å². The summed E-state index contributed by atoms with van der Waals surface area (Å²) in [5.41, 5.74) is 0.629. The lowest BCUT2D eigenvalue weighted by Crippen LogP contribution is -2.36. The van der Waals surface area contributed by atoms with Gasteiger partial charge in [0, 0.05) is 17.7 Å². The highest BCUT2D eigenvalue weighted by Gasteiger charge is 2.37. The Morgan fingerprint density at radius 3 is 2.28 bits per heavy atom. The van der Waals surface area contributed by atoms with E-state index in [2.05, 4.69) is 0 Å². The average molecular weight is 351 g/mol. The fourth-order valence-corrected chi connectivity index (χ4v) is 2.96. The van der Waals surface area contributed by atoms with Crippen molar-refractivity contribution in [2.24, 2.45) is 0 Å². The third-order valence-corrected chi connectivity index (χ3v) is 4.27. The van der Waals surface area contributed by atoms with E-state index in [0.717, 1.165) is 17.7 Å². The van der Waals surface area contributed by atoms with E-state index in [4.69, 9.17) is 18.9 Å². The molecule has 1 aromatic carbocycles. The molecule has 1 unspecified atom stereocenters. The summed E-state index contributed by atoms with van der Waals surface area (Å²) < 4.78 is 21.1. The number of ether oxygens (including phenoxy) is 4. The first-order valence-electron chi connectivity index (χ1n) is 8.35. The Morgan fingerprint density at radius 2 is 1.84 bits per heavy atom.